The van der Waals surface area contributed by atoms with Crippen LogP contribution in [0.2, 0.25) is 0 Å². The van der Waals surface area contributed by atoms with Crippen molar-refractivity contribution in [1.82, 2.24) is 0 Å². The number of rotatable bonds is 6. The molecule has 0 aliphatic carbocycles. The highest BCUT2D eigenvalue weighted by Crippen LogP contribution is 2.26. The van der Waals surface area contributed by atoms with Gasteiger partial charge >= 0.3 is 0 Å². The molecule has 3 aromatic carbocycles. The van der Waals surface area contributed by atoms with Crippen molar-refractivity contribution in [1.29, 1.82) is 0 Å². The Bertz CT molecular complexity index is 1050. The number of Topliss-reactive ketones (excluding diaryl/α,β-unsaturated/α-hetero) is 1. The number of ketones is 1. The van der Waals surface area contributed by atoms with E-state index in [1.807, 2.05) is 43.3 Å². The first kappa shape index (κ1) is 18.8. The van der Waals surface area contributed by atoms with E-state index >= 15 is 0 Å². The number of benzene rings is 3. The van der Waals surface area contributed by atoms with Gasteiger partial charge in [0.1, 0.15) is 0 Å². The normalized spacial score (nSPS) is 12.0. The quantitative estimate of drug-likeness (QED) is 0.564. The molecule has 0 radical (unpaired) electrons. The third kappa shape index (κ3) is 4.60. The zero-order chi connectivity index (χ0) is 19.3. The van der Waals surface area contributed by atoms with E-state index in [-0.39, 0.29) is 22.0 Å². The molecule has 0 atom stereocenters. The van der Waals surface area contributed by atoms with Crippen LogP contribution >= 0.6 is 0 Å². The second kappa shape index (κ2) is 8.14. The van der Waals surface area contributed by atoms with E-state index in [4.69, 9.17) is 0 Å². The van der Waals surface area contributed by atoms with Crippen LogP contribution in [0.1, 0.15) is 27.9 Å². The van der Waals surface area contributed by atoms with E-state index in [1.54, 1.807) is 54.6 Å². The first-order valence-electron chi connectivity index (χ1n) is 8.62. The molecular formula is C23H20O3S. The third-order valence-corrected chi connectivity index (χ3v) is 6.08. The van der Waals surface area contributed by atoms with Gasteiger partial charge in [-0.1, -0.05) is 78.4 Å². The number of hydrogen-bond acceptors (Lipinski definition) is 3. The molecule has 0 spiro atoms. The molecule has 0 unspecified atom stereocenters. The zero-order valence-corrected chi connectivity index (χ0v) is 15.8. The summed E-state index contributed by atoms with van der Waals surface area (Å²) < 4.78 is 26.4. The fourth-order valence-electron chi connectivity index (χ4n) is 2.71. The van der Waals surface area contributed by atoms with Gasteiger partial charge in [0.25, 0.3) is 0 Å². The summed E-state index contributed by atoms with van der Waals surface area (Å²) in [5.41, 5.74) is 2.21. The second-order valence-corrected chi connectivity index (χ2v) is 8.31. The summed E-state index contributed by atoms with van der Waals surface area (Å²) in [5.74, 6) is -0.228. The maximum absolute atomic E-state index is 13.2. The molecule has 0 bridgehead atoms. The van der Waals surface area contributed by atoms with Gasteiger partial charge in [0.05, 0.1) is 9.80 Å². The molecule has 0 saturated heterocycles. The molecule has 0 N–H and O–H groups in total. The van der Waals surface area contributed by atoms with E-state index in [1.165, 1.54) is 0 Å². The highest BCUT2D eigenvalue weighted by atomic mass is 32.2. The Balaban J connectivity index is 2.03. The molecule has 3 rings (SSSR count). The smallest absolute Gasteiger partial charge is 0.203 e. The van der Waals surface area contributed by atoms with Crippen molar-refractivity contribution in [3.8, 4) is 0 Å². The summed E-state index contributed by atoms with van der Waals surface area (Å²) in [4.78, 5) is 13.0. The number of hydrogen-bond donors (Lipinski definition) is 0. The fourth-order valence-corrected chi connectivity index (χ4v) is 4.12. The molecule has 0 saturated carbocycles. The maximum atomic E-state index is 13.2. The molecule has 0 aliphatic rings. The Kier molecular flexibility index (Phi) is 5.67. The van der Waals surface area contributed by atoms with Gasteiger partial charge < -0.3 is 0 Å². The van der Waals surface area contributed by atoms with Gasteiger partial charge in [-0.05, 0) is 30.7 Å². The lowest BCUT2D eigenvalue weighted by Gasteiger charge is -2.10. The monoisotopic (exact) mass is 376 g/mol. The SMILES string of the molecule is Cc1ccc(S(=O)(=O)/C(=C/c2ccccc2)CC(=O)c2ccccc2)cc1. The molecule has 136 valence electrons. The topological polar surface area (TPSA) is 51.2 Å². The molecule has 0 heterocycles. The summed E-state index contributed by atoms with van der Waals surface area (Å²) in [6.45, 7) is 1.90. The average molecular weight is 376 g/mol. The molecule has 0 fully saturated rings. The summed E-state index contributed by atoms with van der Waals surface area (Å²) in [5, 5.41) is 0. The van der Waals surface area contributed by atoms with Gasteiger partial charge in [0, 0.05) is 12.0 Å². The van der Waals surface area contributed by atoms with Crippen LogP contribution in [-0.4, -0.2) is 14.2 Å². The zero-order valence-electron chi connectivity index (χ0n) is 15.0. The fraction of sp³-hybridized carbons (Fsp3) is 0.0870. The highest BCUT2D eigenvalue weighted by molar-refractivity contribution is 7.95. The van der Waals surface area contributed by atoms with Crippen LogP contribution in [0.15, 0.2) is 94.7 Å². The van der Waals surface area contributed by atoms with E-state index in [2.05, 4.69) is 0 Å². The Morgan fingerprint density at radius 1 is 0.815 bits per heavy atom. The Hall–Kier alpha value is -2.98. The van der Waals surface area contributed by atoms with Crippen molar-refractivity contribution >= 4 is 21.7 Å². The lowest BCUT2D eigenvalue weighted by Crippen LogP contribution is -2.10. The Labute approximate surface area is 159 Å². The largest absolute Gasteiger partial charge is 0.294 e. The number of sulfone groups is 1. The van der Waals surface area contributed by atoms with Crippen molar-refractivity contribution in [2.24, 2.45) is 0 Å². The first-order chi connectivity index (χ1) is 13.0. The summed E-state index contributed by atoms with van der Waals surface area (Å²) in [6, 6.07) is 24.6. The van der Waals surface area contributed by atoms with Crippen LogP contribution in [0.3, 0.4) is 0 Å². The standard InChI is InChI=1S/C23H20O3S/c1-18-12-14-21(15-13-18)27(25,26)22(16-19-8-4-2-5-9-19)17-23(24)20-10-6-3-7-11-20/h2-16H,17H2,1H3/b22-16+. The summed E-state index contributed by atoms with van der Waals surface area (Å²) in [7, 11) is -3.78. The van der Waals surface area contributed by atoms with E-state index in [9.17, 15) is 13.2 Å². The minimum atomic E-state index is -3.78. The van der Waals surface area contributed by atoms with Crippen LogP contribution in [0.4, 0.5) is 0 Å². The molecule has 27 heavy (non-hydrogen) atoms. The number of allylic oxidation sites excluding steroid dienone is 1. The highest BCUT2D eigenvalue weighted by Gasteiger charge is 2.23. The van der Waals surface area contributed by atoms with Crippen LogP contribution in [0.25, 0.3) is 6.08 Å². The van der Waals surface area contributed by atoms with Gasteiger partial charge in [0.15, 0.2) is 5.78 Å². The molecular weight excluding hydrogens is 356 g/mol. The van der Waals surface area contributed by atoms with Crippen LogP contribution in [0, 0.1) is 6.92 Å². The third-order valence-electron chi connectivity index (χ3n) is 4.23. The van der Waals surface area contributed by atoms with Gasteiger partial charge in [0.2, 0.25) is 9.84 Å². The summed E-state index contributed by atoms with van der Waals surface area (Å²) in [6.07, 6.45) is 1.39. The maximum Gasteiger partial charge on any atom is 0.203 e. The van der Waals surface area contributed by atoms with E-state index in [0.29, 0.717) is 5.56 Å². The van der Waals surface area contributed by atoms with Crippen molar-refractivity contribution in [2.45, 2.75) is 18.2 Å². The van der Waals surface area contributed by atoms with Gasteiger partial charge in [-0.3, -0.25) is 4.79 Å². The van der Waals surface area contributed by atoms with Crippen LogP contribution < -0.4 is 0 Å². The van der Waals surface area contributed by atoms with Crippen LogP contribution in [-0.2, 0) is 9.84 Å². The van der Waals surface area contributed by atoms with Gasteiger partial charge in [-0.2, -0.15) is 0 Å². The average Bonchev–Trinajstić information content (AvgIpc) is 2.69. The molecule has 0 amide bonds. The lowest BCUT2D eigenvalue weighted by molar-refractivity contribution is 0.0994. The Morgan fingerprint density at radius 2 is 1.37 bits per heavy atom. The number of carbonyl (C=O) groups is 1. The van der Waals surface area contributed by atoms with Gasteiger partial charge in [-0.15, -0.1) is 0 Å². The molecule has 0 aliphatic heterocycles. The van der Waals surface area contributed by atoms with E-state index in [0.717, 1.165) is 11.1 Å². The molecule has 3 aromatic rings. The summed E-state index contributed by atoms with van der Waals surface area (Å²) >= 11 is 0. The molecule has 3 nitrogen and oxygen atoms in total. The van der Waals surface area contributed by atoms with Crippen LogP contribution in [0.5, 0.6) is 0 Å². The molecule has 4 heteroatoms. The predicted octanol–water partition coefficient (Wildman–Crippen LogP) is 5.08. The minimum Gasteiger partial charge on any atom is -0.294 e. The lowest BCUT2D eigenvalue weighted by atomic mass is 10.1. The number of carbonyl (C=O) groups excluding carboxylic acids is 1. The van der Waals surface area contributed by atoms with Crippen molar-refractivity contribution in [2.75, 3.05) is 0 Å². The molecule has 0 aromatic heterocycles. The van der Waals surface area contributed by atoms with Crippen molar-refractivity contribution in [3.05, 3.63) is 107 Å². The first-order valence-corrected chi connectivity index (χ1v) is 10.1. The second-order valence-electron chi connectivity index (χ2n) is 6.30. The number of aryl methyl sites for hydroxylation is 1. The van der Waals surface area contributed by atoms with Crippen molar-refractivity contribution < 1.29 is 13.2 Å². The van der Waals surface area contributed by atoms with Gasteiger partial charge in [-0.25, -0.2) is 8.42 Å². The predicted molar refractivity (Wildman–Crippen MR) is 108 cm³/mol. The van der Waals surface area contributed by atoms with E-state index < -0.39 is 9.84 Å². The van der Waals surface area contributed by atoms with Crippen molar-refractivity contribution in [3.63, 3.8) is 0 Å². The minimum absolute atomic E-state index is 0.0893. The Morgan fingerprint density at radius 3 is 1.96 bits per heavy atom.